The molecule has 1 aromatic heterocycles. The number of carbonyl (C=O) groups excluding carboxylic acids is 1. The van der Waals surface area contributed by atoms with Crippen LogP contribution < -0.4 is 0 Å². The molecule has 56 valence electrons. The zero-order valence-corrected chi connectivity index (χ0v) is 6.30. The zero-order chi connectivity index (χ0) is 7.68. The van der Waals surface area contributed by atoms with Crippen molar-refractivity contribution in [1.29, 1.82) is 0 Å². The fraction of sp³-hybridized carbons (Fsp3) is 0.167. The van der Waals surface area contributed by atoms with E-state index < -0.39 is 0 Å². The van der Waals surface area contributed by atoms with Crippen molar-refractivity contribution in [2.75, 3.05) is 6.54 Å². The van der Waals surface area contributed by atoms with Crippen molar-refractivity contribution in [3.63, 3.8) is 0 Å². The van der Waals surface area contributed by atoms with E-state index in [-0.39, 0.29) is 12.5 Å². The molecule has 0 radical (unpaired) electrons. The van der Waals surface area contributed by atoms with Gasteiger partial charge >= 0.3 is 5.97 Å². The summed E-state index contributed by atoms with van der Waals surface area (Å²) in [7, 11) is 0. The van der Waals surface area contributed by atoms with E-state index in [1.165, 1.54) is 11.3 Å². The SMILES string of the molecule is O=C1CN=C(c2nccs2)O1. The predicted octanol–water partition coefficient (Wildman–Crippen LogP) is 0.447. The van der Waals surface area contributed by atoms with Crippen LogP contribution in [-0.2, 0) is 9.53 Å². The summed E-state index contributed by atoms with van der Waals surface area (Å²) in [6.07, 6.45) is 1.65. The van der Waals surface area contributed by atoms with E-state index in [0.717, 1.165) is 0 Å². The lowest BCUT2D eigenvalue weighted by atomic mass is 10.7. The number of thiazole rings is 1. The molecule has 1 aliphatic heterocycles. The van der Waals surface area contributed by atoms with Gasteiger partial charge < -0.3 is 4.74 Å². The van der Waals surface area contributed by atoms with Crippen LogP contribution in [0.2, 0.25) is 0 Å². The molecular formula is C6H4N2O2S. The van der Waals surface area contributed by atoms with Gasteiger partial charge in [-0.25, -0.2) is 14.8 Å². The third kappa shape index (κ3) is 1.14. The highest BCUT2D eigenvalue weighted by molar-refractivity contribution is 7.11. The Balaban J connectivity index is 2.26. The maximum absolute atomic E-state index is 10.6. The van der Waals surface area contributed by atoms with Gasteiger partial charge in [-0.15, -0.1) is 11.3 Å². The standard InChI is InChI=1S/C6H4N2O2S/c9-4-3-8-5(10-4)6-7-1-2-11-6/h1-2H,3H2. The summed E-state index contributed by atoms with van der Waals surface area (Å²) in [5.74, 6) is 0.0419. The van der Waals surface area contributed by atoms with Crippen LogP contribution in [0.15, 0.2) is 16.6 Å². The van der Waals surface area contributed by atoms with E-state index in [4.69, 9.17) is 4.74 Å². The molecule has 0 N–H and O–H groups in total. The number of nitrogens with zero attached hydrogens (tertiary/aromatic N) is 2. The first-order valence-electron chi connectivity index (χ1n) is 3.01. The molecule has 0 fully saturated rings. The van der Waals surface area contributed by atoms with Crippen molar-refractivity contribution in [3.8, 4) is 0 Å². The molecule has 1 aliphatic rings. The number of hydrogen-bond acceptors (Lipinski definition) is 5. The van der Waals surface area contributed by atoms with Gasteiger partial charge in [-0.1, -0.05) is 0 Å². The van der Waals surface area contributed by atoms with Gasteiger partial charge in [-0.2, -0.15) is 0 Å². The van der Waals surface area contributed by atoms with Gasteiger partial charge in [0, 0.05) is 11.6 Å². The maximum atomic E-state index is 10.6. The number of ether oxygens (including phenoxy) is 1. The summed E-state index contributed by atoms with van der Waals surface area (Å²) in [5, 5.41) is 2.47. The Labute approximate surface area is 66.6 Å². The first-order valence-corrected chi connectivity index (χ1v) is 3.89. The second-order valence-electron chi connectivity index (χ2n) is 1.93. The monoisotopic (exact) mass is 168 g/mol. The van der Waals surface area contributed by atoms with Crippen molar-refractivity contribution in [3.05, 3.63) is 16.6 Å². The largest absolute Gasteiger partial charge is 0.403 e. The van der Waals surface area contributed by atoms with Crippen LogP contribution in [0.3, 0.4) is 0 Å². The summed E-state index contributed by atoms with van der Waals surface area (Å²) >= 11 is 1.40. The van der Waals surface area contributed by atoms with Crippen LogP contribution in [0.25, 0.3) is 0 Å². The summed E-state index contributed by atoms with van der Waals surface area (Å²) in [6, 6.07) is 0. The van der Waals surface area contributed by atoms with Gasteiger partial charge in [0.1, 0.15) is 6.54 Å². The first-order chi connectivity index (χ1) is 5.36. The molecule has 0 saturated carbocycles. The molecule has 0 aliphatic carbocycles. The third-order valence-electron chi connectivity index (χ3n) is 1.18. The zero-order valence-electron chi connectivity index (χ0n) is 5.48. The number of hydrogen-bond donors (Lipinski definition) is 0. The van der Waals surface area contributed by atoms with Crippen LogP contribution in [0, 0.1) is 0 Å². The minimum atomic E-state index is -0.310. The second-order valence-corrected chi connectivity index (χ2v) is 2.83. The maximum Gasteiger partial charge on any atom is 0.334 e. The highest BCUT2D eigenvalue weighted by Crippen LogP contribution is 2.10. The number of rotatable bonds is 1. The topological polar surface area (TPSA) is 51.5 Å². The molecule has 0 saturated heterocycles. The van der Waals surface area contributed by atoms with E-state index in [1.807, 2.05) is 5.38 Å². The Morgan fingerprint density at radius 1 is 1.64 bits per heavy atom. The van der Waals surface area contributed by atoms with Crippen LogP contribution in [-0.4, -0.2) is 23.4 Å². The smallest absolute Gasteiger partial charge is 0.334 e. The average Bonchev–Trinajstić information content (AvgIpc) is 2.55. The Bertz CT molecular complexity index is 304. The minimum Gasteiger partial charge on any atom is -0.403 e. The molecule has 11 heavy (non-hydrogen) atoms. The van der Waals surface area contributed by atoms with E-state index in [0.29, 0.717) is 10.9 Å². The molecule has 0 spiro atoms. The van der Waals surface area contributed by atoms with E-state index in [1.54, 1.807) is 6.20 Å². The molecule has 5 heteroatoms. The Hall–Kier alpha value is -1.23. The van der Waals surface area contributed by atoms with Gasteiger partial charge in [0.2, 0.25) is 0 Å². The number of aromatic nitrogens is 1. The molecule has 0 bridgehead atoms. The Kier molecular flexibility index (Phi) is 1.43. The number of carbonyl (C=O) groups is 1. The predicted molar refractivity (Wildman–Crippen MR) is 39.6 cm³/mol. The summed E-state index contributed by atoms with van der Waals surface area (Å²) in [5.41, 5.74) is 0. The Morgan fingerprint density at radius 2 is 2.55 bits per heavy atom. The summed E-state index contributed by atoms with van der Waals surface area (Å²) in [6.45, 7) is 0.120. The minimum absolute atomic E-state index is 0.120. The van der Waals surface area contributed by atoms with Crippen molar-refractivity contribution >= 4 is 23.2 Å². The molecule has 0 atom stereocenters. The second kappa shape index (κ2) is 2.43. The number of aliphatic imine (C=N–C) groups is 1. The molecule has 0 amide bonds. The van der Waals surface area contributed by atoms with E-state index in [2.05, 4.69) is 9.98 Å². The lowest BCUT2D eigenvalue weighted by Crippen LogP contribution is -2.04. The van der Waals surface area contributed by atoms with Gasteiger partial charge in [0.15, 0.2) is 5.01 Å². The third-order valence-corrected chi connectivity index (χ3v) is 1.94. The van der Waals surface area contributed by atoms with Crippen LogP contribution in [0.5, 0.6) is 0 Å². The molecular weight excluding hydrogens is 164 g/mol. The molecule has 0 aromatic carbocycles. The van der Waals surface area contributed by atoms with Crippen LogP contribution in [0.1, 0.15) is 5.01 Å². The van der Waals surface area contributed by atoms with Gasteiger partial charge in [-0.05, 0) is 0 Å². The van der Waals surface area contributed by atoms with Crippen molar-refractivity contribution in [1.82, 2.24) is 4.98 Å². The normalized spacial score (nSPS) is 16.4. The Morgan fingerprint density at radius 3 is 3.09 bits per heavy atom. The van der Waals surface area contributed by atoms with E-state index in [9.17, 15) is 4.79 Å². The number of esters is 1. The highest BCUT2D eigenvalue weighted by Gasteiger charge is 2.19. The molecule has 0 unspecified atom stereocenters. The highest BCUT2D eigenvalue weighted by atomic mass is 32.1. The number of cyclic esters (lactones) is 1. The quantitative estimate of drug-likeness (QED) is 0.572. The lowest BCUT2D eigenvalue weighted by molar-refractivity contribution is -0.132. The fourth-order valence-electron chi connectivity index (χ4n) is 0.749. The van der Waals surface area contributed by atoms with Crippen molar-refractivity contribution in [2.24, 2.45) is 4.99 Å². The molecule has 4 nitrogen and oxygen atoms in total. The fourth-order valence-corrected chi connectivity index (χ4v) is 1.33. The summed E-state index contributed by atoms with van der Waals surface area (Å²) in [4.78, 5) is 18.4. The molecule has 2 heterocycles. The van der Waals surface area contributed by atoms with Crippen molar-refractivity contribution < 1.29 is 9.53 Å². The molecule has 2 rings (SSSR count). The van der Waals surface area contributed by atoms with E-state index >= 15 is 0 Å². The lowest BCUT2D eigenvalue weighted by Gasteiger charge is -1.91. The summed E-state index contributed by atoms with van der Waals surface area (Å²) < 4.78 is 4.76. The van der Waals surface area contributed by atoms with Gasteiger partial charge in [0.05, 0.1) is 0 Å². The first kappa shape index (κ1) is 6.48. The average molecular weight is 168 g/mol. The van der Waals surface area contributed by atoms with Crippen LogP contribution in [0.4, 0.5) is 0 Å². The van der Waals surface area contributed by atoms with Crippen LogP contribution >= 0.6 is 11.3 Å². The van der Waals surface area contributed by atoms with Crippen molar-refractivity contribution in [2.45, 2.75) is 0 Å². The van der Waals surface area contributed by atoms with Gasteiger partial charge in [0.25, 0.3) is 5.90 Å². The van der Waals surface area contributed by atoms with Gasteiger partial charge in [-0.3, -0.25) is 0 Å². The molecule has 1 aromatic rings.